The van der Waals surface area contributed by atoms with Gasteiger partial charge in [-0.25, -0.2) is 0 Å². The molecule has 1 saturated carbocycles. The van der Waals surface area contributed by atoms with Crippen LogP contribution in [0, 0.1) is 11.3 Å². The van der Waals surface area contributed by atoms with Crippen molar-refractivity contribution in [2.45, 2.75) is 38.9 Å². The first-order valence-corrected chi connectivity index (χ1v) is 11.3. The lowest BCUT2D eigenvalue weighted by Crippen LogP contribution is -2.39. The molecule has 2 fully saturated rings. The molecule has 0 spiro atoms. The van der Waals surface area contributed by atoms with E-state index in [1.807, 2.05) is 23.1 Å². The first-order valence-electron chi connectivity index (χ1n) is 9.67. The highest BCUT2D eigenvalue weighted by Gasteiger charge is 2.54. The van der Waals surface area contributed by atoms with Crippen molar-refractivity contribution in [3.8, 4) is 5.88 Å². The van der Waals surface area contributed by atoms with Gasteiger partial charge in [-0.15, -0.1) is 21.5 Å². The summed E-state index contributed by atoms with van der Waals surface area (Å²) in [6, 6.07) is 5.71. The fourth-order valence-corrected chi connectivity index (χ4v) is 6.15. The Morgan fingerprint density at radius 3 is 3.07 bits per heavy atom. The van der Waals surface area contributed by atoms with E-state index >= 15 is 0 Å². The molecule has 1 amide bonds. The molecule has 6 nitrogen and oxygen atoms in total. The molecule has 0 bridgehead atoms. The molecule has 1 saturated heterocycles. The number of hydrogen-bond donors (Lipinski definition) is 0. The highest BCUT2D eigenvalue weighted by molar-refractivity contribution is 9.10. The van der Waals surface area contributed by atoms with Crippen LogP contribution in [-0.4, -0.2) is 46.8 Å². The van der Waals surface area contributed by atoms with Gasteiger partial charge in [0.2, 0.25) is 5.88 Å². The number of aromatic nitrogens is 2. The summed E-state index contributed by atoms with van der Waals surface area (Å²) in [5.74, 6) is 1.16. The molecular weight excluding hydrogens is 442 g/mol. The van der Waals surface area contributed by atoms with Gasteiger partial charge in [0.15, 0.2) is 0 Å². The highest BCUT2D eigenvalue weighted by Crippen LogP contribution is 2.50. The molecule has 2 aromatic heterocycles. The second kappa shape index (κ2) is 7.07. The molecular formula is C20H22BrN3O3S. The normalized spacial score (nSPS) is 28.9. The molecule has 0 aromatic carbocycles. The largest absolute Gasteiger partial charge is 0.473 e. The van der Waals surface area contributed by atoms with Crippen LogP contribution in [0.1, 0.15) is 39.9 Å². The minimum absolute atomic E-state index is 0.0512. The second-order valence-electron chi connectivity index (χ2n) is 8.13. The molecule has 5 rings (SSSR count). The van der Waals surface area contributed by atoms with Crippen LogP contribution in [0.4, 0.5) is 0 Å². The molecule has 8 heteroatoms. The Morgan fingerprint density at radius 2 is 2.29 bits per heavy atom. The van der Waals surface area contributed by atoms with Gasteiger partial charge in [-0.2, -0.15) is 0 Å². The van der Waals surface area contributed by atoms with Crippen molar-refractivity contribution in [3.63, 3.8) is 0 Å². The Balaban J connectivity index is 1.31. The molecule has 4 heterocycles. The number of amides is 1. The molecule has 28 heavy (non-hydrogen) atoms. The lowest BCUT2D eigenvalue weighted by molar-refractivity contribution is 0.0620. The summed E-state index contributed by atoms with van der Waals surface area (Å²) in [6.45, 7) is 5.17. The third kappa shape index (κ3) is 3.15. The molecule has 0 radical (unpaired) electrons. The summed E-state index contributed by atoms with van der Waals surface area (Å²) < 4.78 is 12.4. The van der Waals surface area contributed by atoms with Crippen molar-refractivity contribution in [2.75, 3.05) is 19.7 Å². The van der Waals surface area contributed by atoms with Gasteiger partial charge in [0.25, 0.3) is 5.91 Å². The van der Waals surface area contributed by atoms with Crippen LogP contribution < -0.4 is 4.74 Å². The predicted molar refractivity (Wildman–Crippen MR) is 109 cm³/mol. The Bertz CT molecular complexity index is 879. The van der Waals surface area contributed by atoms with Crippen LogP contribution in [0.5, 0.6) is 5.88 Å². The summed E-state index contributed by atoms with van der Waals surface area (Å²) in [4.78, 5) is 17.3. The van der Waals surface area contributed by atoms with E-state index < -0.39 is 0 Å². The van der Waals surface area contributed by atoms with Crippen LogP contribution in [0.3, 0.4) is 0 Å². The van der Waals surface area contributed by atoms with Gasteiger partial charge in [0.1, 0.15) is 10.7 Å². The number of nitrogens with zero attached hydrogens (tertiary/aromatic N) is 3. The Kier molecular flexibility index (Phi) is 4.68. The highest BCUT2D eigenvalue weighted by atomic mass is 79.9. The van der Waals surface area contributed by atoms with Crippen molar-refractivity contribution >= 4 is 33.2 Å². The van der Waals surface area contributed by atoms with Crippen molar-refractivity contribution < 1.29 is 14.3 Å². The molecule has 0 N–H and O–H groups in total. The van der Waals surface area contributed by atoms with Gasteiger partial charge < -0.3 is 14.4 Å². The minimum atomic E-state index is -0.0512. The SMILES string of the molecule is C[C@@]12CN(C(=O)c3cc4c(s3)CCOC4)C[C@@H]1CC[C@H]2Oc1ccc(Br)nn1. The van der Waals surface area contributed by atoms with Crippen LogP contribution in [-0.2, 0) is 17.8 Å². The van der Waals surface area contributed by atoms with Crippen molar-refractivity contribution in [1.29, 1.82) is 0 Å². The Morgan fingerprint density at radius 1 is 1.39 bits per heavy atom. The summed E-state index contributed by atoms with van der Waals surface area (Å²) in [5, 5.41) is 8.13. The van der Waals surface area contributed by atoms with Gasteiger partial charge in [-0.3, -0.25) is 4.79 Å². The van der Waals surface area contributed by atoms with E-state index in [0.717, 1.165) is 43.8 Å². The number of hydrogen-bond acceptors (Lipinski definition) is 6. The Labute approximate surface area is 176 Å². The molecule has 1 aliphatic carbocycles. The molecule has 2 aromatic rings. The Hall–Kier alpha value is -1.51. The van der Waals surface area contributed by atoms with Crippen LogP contribution in [0.25, 0.3) is 0 Å². The molecule has 148 valence electrons. The zero-order valence-electron chi connectivity index (χ0n) is 15.7. The van der Waals surface area contributed by atoms with E-state index in [2.05, 4.69) is 33.1 Å². The van der Waals surface area contributed by atoms with E-state index in [1.165, 1.54) is 10.4 Å². The monoisotopic (exact) mass is 463 g/mol. The van der Waals surface area contributed by atoms with Crippen LogP contribution >= 0.6 is 27.3 Å². The summed E-state index contributed by atoms with van der Waals surface area (Å²) in [5.41, 5.74) is 1.13. The number of carbonyl (C=O) groups excluding carboxylic acids is 1. The van der Waals surface area contributed by atoms with E-state index in [0.29, 0.717) is 23.0 Å². The number of ether oxygens (including phenoxy) is 2. The fraction of sp³-hybridized carbons (Fsp3) is 0.550. The maximum absolute atomic E-state index is 13.2. The van der Waals surface area contributed by atoms with Gasteiger partial charge in [-0.05, 0) is 52.4 Å². The first-order chi connectivity index (χ1) is 13.5. The zero-order chi connectivity index (χ0) is 19.3. The van der Waals surface area contributed by atoms with E-state index in [9.17, 15) is 4.79 Å². The number of carbonyl (C=O) groups is 1. The first kappa shape index (κ1) is 18.5. The predicted octanol–water partition coefficient (Wildman–Crippen LogP) is 3.69. The standard InChI is InChI=1S/C20H22BrN3O3S/c1-20-11-24(19(25)15-8-12-10-26-7-6-14(12)28-15)9-13(20)2-3-16(20)27-18-5-4-17(21)22-23-18/h4-5,8,13,16H,2-3,6-7,9-11H2,1H3/t13-,16+,20+/m0/s1. The fourth-order valence-electron chi connectivity index (χ4n) is 4.82. The number of fused-ring (bicyclic) bond motifs is 2. The zero-order valence-corrected chi connectivity index (χ0v) is 18.1. The van der Waals surface area contributed by atoms with Crippen molar-refractivity contribution in [1.82, 2.24) is 15.1 Å². The van der Waals surface area contributed by atoms with Gasteiger partial charge in [0, 0.05) is 35.9 Å². The third-order valence-electron chi connectivity index (χ3n) is 6.41. The molecule has 0 unspecified atom stereocenters. The van der Waals surface area contributed by atoms with E-state index in [4.69, 9.17) is 9.47 Å². The lowest BCUT2D eigenvalue weighted by atomic mass is 9.81. The molecule has 3 aliphatic rings. The average Bonchev–Trinajstić information content (AvgIpc) is 3.35. The number of rotatable bonds is 3. The molecule has 2 aliphatic heterocycles. The van der Waals surface area contributed by atoms with Crippen LogP contribution in [0.15, 0.2) is 22.8 Å². The van der Waals surface area contributed by atoms with Crippen molar-refractivity contribution in [2.24, 2.45) is 11.3 Å². The third-order valence-corrected chi connectivity index (χ3v) is 8.06. The lowest BCUT2D eigenvalue weighted by Gasteiger charge is -2.31. The number of thiophene rings is 1. The van der Waals surface area contributed by atoms with Crippen molar-refractivity contribution in [3.05, 3.63) is 38.1 Å². The van der Waals surface area contributed by atoms with E-state index in [1.54, 1.807) is 11.3 Å². The summed E-state index contributed by atoms with van der Waals surface area (Å²) in [6.07, 6.45) is 3.03. The van der Waals surface area contributed by atoms with Gasteiger partial charge in [-0.1, -0.05) is 6.92 Å². The number of likely N-dealkylation sites (tertiary alicyclic amines) is 1. The second-order valence-corrected chi connectivity index (χ2v) is 10.1. The number of halogens is 1. The quantitative estimate of drug-likeness (QED) is 0.694. The van der Waals surface area contributed by atoms with Gasteiger partial charge in [0.05, 0.1) is 18.1 Å². The van der Waals surface area contributed by atoms with Crippen LogP contribution in [0.2, 0.25) is 0 Å². The maximum Gasteiger partial charge on any atom is 0.263 e. The molecule has 3 atom stereocenters. The van der Waals surface area contributed by atoms with E-state index in [-0.39, 0.29) is 17.4 Å². The minimum Gasteiger partial charge on any atom is -0.473 e. The average molecular weight is 464 g/mol. The topological polar surface area (TPSA) is 64.6 Å². The smallest absolute Gasteiger partial charge is 0.263 e. The summed E-state index contributed by atoms with van der Waals surface area (Å²) >= 11 is 4.94. The maximum atomic E-state index is 13.2. The summed E-state index contributed by atoms with van der Waals surface area (Å²) in [7, 11) is 0. The van der Waals surface area contributed by atoms with Gasteiger partial charge >= 0.3 is 0 Å².